The van der Waals surface area contributed by atoms with Crippen molar-refractivity contribution in [2.45, 2.75) is 13.0 Å². The van der Waals surface area contributed by atoms with E-state index in [9.17, 15) is 0 Å². The van der Waals surface area contributed by atoms with Crippen LogP contribution >= 0.6 is 0 Å². The van der Waals surface area contributed by atoms with Crippen LogP contribution in [-0.2, 0) is 0 Å². The molecule has 1 N–H and O–H groups in total. The molecule has 0 unspecified atom stereocenters. The predicted octanol–water partition coefficient (Wildman–Crippen LogP) is 0.227. The maximum absolute atomic E-state index is 4.97. The molecule has 0 aromatic carbocycles. The van der Waals surface area contributed by atoms with E-state index in [0.717, 1.165) is 0 Å². The van der Waals surface area contributed by atoms with E-state index in [1.165, 1.54) is 0 Å². The topological polar surface area (TPSA) is 12.0 Å². The summed E-state index contributed by atoms with van der Waals surface area (Å²) >= 11 is 0. The SMILES string of the molecule is C#C[C@@H](C)NC. The van der Waals surface area contributed by atoms with Crippen molar-refractivity contribution in [3.05, 3.63) is 0 Å². The Morgan fingerprint density at radius 1 is 1.83 bits per heavy atom. The Hall–Kier alpha value is -0.480. The van der Waals surface area contributed by atoms with Crippen molar-refractivity contribution >= 4 is 0 Å². The van der Waals surface area contributed by atoms with Gasteiger partial charge in [0.2, 0.25) is 0 Å². The summed E-state index contributed by atoms with van der Waals surface area (Å²) in [7, 11) is 1.84. The maximum Gasteiger partial charge on any atom is 0.0655 e. The fourth-order valence-electron chi connectivity index (χ4n) is 0.0833. The lowest BCUT2D eigenvalue weighted by Crippen LogP contribution is -2.17. The minimum Gasteiger partial charge on any atom is -0.307 e. The summed E-state index contributed by atoms with van der Waals surface area (Å²) in [5, 5.41) is 2.88. The van der Waals surface area contributed by atoms with Gasteiger partial charge in [0.25, 0.3) is 0 Å². The highest BCUT2D eigenvalue weighted by Crippen LogP contribution is 1.67. The summed E-state index contributed by atoms with van der Waals surface area (Å²) in [4.78, 5) is 0. The molecule has 0 spiro atoms. The Morgan fingerprint density at radius 3 is 2.33 bits per heavy atom. The molecule has 0 heterocycles. The second kappa shape index (κ2) is 2.74. The van der Waals surface area contributed by atoms with Gasteiger partial charge in [-0.3, -0.25) is 0 Å². The number of nitrogens with one attached hydrogen (secondary N) is 1. The van der Waals surface area contributed by atoms with E-state index in [4.69, 9.17) is 6.42 Å². The molecule has 0 saturated carbocycles. The zero-order valence-electron chi connectivity index (χ0n) is 4.15. The van der Waals surface area contributed by atoms with E-state index in [0.29, 0.717) is 0 Å². The molecule has 1 nitrogen and oxygen atoms in total. The number of terminal acetylenes is 1. The van der Waals surface area contributed by atoms with Gasteiger partial charge in [-0.25, -0.2) is 0 Å². The van der Waals surface area contributed by atoms with Crippen LogP contribution in [0.5, 0.6) is 0 Å². The Morgan fingerprint density at radius 2 is 2.33 bits per heavy atom. The minimum absolute atomic E-state index is 0.213. The van der Waals surface area contributed by atoms with Crippen LogP contribution in [0.25, 0.3) is 0 Å². The number of hydrogen-bond acceptors (Lipinski definition) is 1. The highest BCUT2D eigenvalue weighted by molar-refractivity contribution is 4.94. The first-order valence-electron chi connectivity index (χ1n) is 1.94. The van der Waals surface area contributed by atoms with Crippen molar-refractivity contribution in [1.29, 1.82) is 0 Å². The van der Waals surface area contributed by atoms with Crippen LogP contribution in [0.3, 0.4) is 0 Å². The lowest BCUT2D eigenvalue weighted by molar-refractivity contribution is 0.750. The molecular formula is C5H9N. The van der Waals surface area contributed by atoms with Crippen molar-refractivity contribution in [2.24, 2.45) is 0 Å². The Balaban J connectivity index is 3.04. The first-order chi connectivity index (χ1) is 2.81. The second-order valence-electron chi connectivity index (χ2n) is 1.18. The summed E-state index contributed by atoms with van der Waals surface area (Å²) in [5.41, 5.74) is 0. The van der Waals surface area contributed by atoms with Crippen molar-refractivity contribution in [1.82, 2.24) is 5.32 Å². The van der Waals surface area contributed by atoms with E-state index >= 15 is 0 Å². The molecule has 0 fully saturated rings. The maximum atomic E-state index is 4.97. The smallest absolute Gasteiger partial charge is 0.0655 e. The average Bonchev–Trinajstić information content (AvgIpc) is 1.65. The van der Waals surface area contributed by atoms with Gasteiger partial charge in [-0.1, -0.05) is 5.92 Å². The largest absolute Gasteiger partial charge is 0.307 e. The molecule has 34 valence electrons. The van der Waals surface area contributed by atoms with Crippen LogP contribution in [0, 0.1) is 12.3 Å². The first kappa shape index (κ1) is 5.52. The van der Waals surface area contributed by atoms with Gasteiger partial charge in [-0.15, -0.1) is 6.42 Å². The van der Waals surface area contributed by atoms with Crippen LogP contribution in [0.2, 0.25) is 0 Å². The molecule has 0 bridgehead atoms. The normalized spacial score (nSPS) is 12.8. The lowest BCUT2D eigenvalue weighted by atomic mass is 10.4. The third kappa shape index (κ3) is 1.80. The van der Waals surface area contributed by atoms with Crippen LogP contribution in [0.15, 0.2) is 0 Å². The summed E-state index contributed by atoms with van der Waals surface area (Å²) in [6.07, 6.45) is 4.97. The number of hydrogen-bond donors (Lipinski definition) is 1. The van der Waals surface area contributed by atoms with Crippen molar-refractivity contribution in [2.75, 3.05) is 7.05 Å². The van der Waals surface area contributed by atoms with Gasteiger partial charge in [0.1, 0.15) is 0 Å². The van der Waals surface area contributed by atoms with Gasteiger partial charge in [-0.2, -0.15) is 0 Å². The average molecular weight is 83.1 g/mol. The van der Waals surface area contributed by atoms with Gasteiger partial charge in [0.15, 0.2) is 0 Å². The molecule has 0 aliphatic carbocycles. The molecule has 0 rings (SSSR count). The second-order valence-corrected chi connectivity index (χ2v) is 1.18. The summed E-state index contributed by atoms with van der Waals surface area (Å²) in [6.45, 7) is 1.93. The van der Waals surface area contributed by atoms with E-state index < -0.39 is 0 Å². The van der Waals surface area contributed by atoms with Crippen molar-refractivity contribution in [3.8, 4) is 12.3 Å². The molecule has 0 aliphatic rings. The fourth-order valence-corrected chi connectivity index (χ4v) is 0.0833. The Labute approximate surface area is 38.7 Å². The lowest BCUT2D eigenvalue weighted by Gasteiger charge is -1.95. The van der Waals surface area contributed by atoms with Crippen LogP contribution in [0.1, 0.15) is 6.92 Å². The predicted molar refractivity (Wildman–Crippen MR) is 27.4 cm³/mol. The van der Waals surface area contributed by atoms with Crippen molar-refractivity contribution < 1.29 is 0 Å². The van der Waals surface area contributed by atoms with Crippen LogP contribution in [-0.4, -0.2) is 13.1 Å². The molecule has 0 aromatic heterocycles. The molecule has 0 aliphatic heterocycles. The van der Waals surface area contributed by atoms with Gasteiger partial charge >= 0.3 is 0 Å². The molecular weight excluding hydrogens is 74.1 g/mol. The summed E-state index contributed by atoms with van der Waals surface area (Å²) in [6, 6.07) is 0.213. The van der Waals surface area contributed by atoms with Gasteiger partial charge in [-0.05, 0) is 14.0 Å². The molecule has 6 heavy (non-hydrogen) atoms. The molecule has 1 atom stereocenters. The molecule has 1 heteroatoms. The minimum atomic E-state index is 0.213. The first-order valence-corrected chi connectivity index (χ1v) is 1.94. The van der Waals surface area contributed by atoms with Gasteiger partial charge < -0.3 is 5.32 Å². The Bertz CT molecular complexity index is 60.8. The van der Waals surface area contributed by atoms with Gasteiger partial charge in [0, 0.05) is 0 Å². The molecule has 0 saturated heterocycles. The number of rotatable bonds is 1. The third-order valence-electron chi connectivity index (χ3n) is 0.683. The summed E-state index contributed by atoms with van der Waals surface area (Å²) < 4.78 is 0. The van der Waals surface area contributed by atoms with Crippen LogP contribution < -0.4 is 5.32 Å². The zero-order chi connectivity index (χ0) is 4.99. The zero-order valence-corrected chi connectivity index (χ0v) is 4.15. The molecule has 0 amide bonds. The van der Waals surface area contributed by atoms with Gasteiger partial charge in [0.05, 0.1) is 6.04 Å². The third-order valence-corrected chi connectivity index (χ3v) is 0.683. The highest BCUT2D eigenvalue weighted by atomic mass is 14.8. The Kier molecular flexibility index (Phi) is 2.52. The standard InChI is InChI=1S/C5H9N/c1-4-5(2)6-3/h1,5-6H,2-3H3/t5-/m1/s1. The quantitative estimate of drug-likeness (QED) is 0.447. The van der Waals surface area contributed by atoms with E-state index in [1.54, 1.807) is 0 Å². The van der Waals surface area contributed by atoms with E-state index in [1.807, 2.05) is 14.0 Å². The fraction of sp³-hybridized carbons (Fsp3) is 0.600. The van der Waals surface area contributed by atoms with Crippen LogP contribution in [0.4, 0.5) is 0 Å². The van der Waals surface area contributed by atoms with E-state index in [-0.39, 0.29) is 6.04 Å². The highest BCUT2D eigenvalue weighted by Gasteiger charge is 1.82. The molecule has 0 radical (unpaired) electrons. The summed E-state index contributed by atoms with van der Waals surface area (Å²) in [5.74, 6) is 2.50. The van der Waals surface area contributed by atoms with E-state index in [2.05, 4.69) is 11.2 Å². The van der Waals surface area contributed by atoms with Crippen molar-refractivity contribution in [3.63, 3.8) is 0 Å². The monoisotopic (exact) mass is 83.1 g/mol. The molecule has 0 aromatic rings.